The molecule has 9 nitrogen and oxygen atoms in total. The summed E-state index contributed by atoms with van der Waals surface area (Å²) in [6.45, 7) is 3.64. The molecule has 2 heterocycles. The van der Waals surface area contributed by atoms with E-state index in [1.165, 1.54) is 36.4 Å². The number of ketones is 1. The van der Waals surface area contributed by atoms with Gasteiger partial charge in [0.15, 0.2) is 5.78 Å². The van der Waals surface area contributed by atoms with Gasteiger partial charge in [-0.05, 0) is 37.1 Å². The lowest BCUT2D eigenvalue weighted by Gasteiger charge is -2.12. The number of carbonyl (C=O) groups is 5. The molecule has 0 saturated heterocycles. The maximum absolute atomic E-state index is 13.1. The Hall–Kier alpha value is -4.01. The minimum absolute atomic E-state index is 0.131. The van der Waals surface area contributed by atoms with Crippen LogP contribution in [0.2, 0.25) is 0 Å². The molecule has 0 saturated carbocycles. The van der Waals surface area contributed by atoms with Crippen molar-refractivity contribution in [1.29, 1.82) is 0 Å². The molecule has 0 radical (unpaired) electrons. The minimum atomic E-state index is -1.22. The van der Waals surface area contributed by atoms with Crippen molar-refractivity contribution < 1.29 is 42.9 Å². The number of rotatable bonds is 8. The van der Waals surface area contributed by atoms with Gasteiger partial charge >= 0.3 is 23.9 Å². The van der Waals surface area contributed by atoms with Crippen molar-refractivity contribution in [2.24, 2.45) is 0 Å². The summed E-state index contributed by atoms with van der Waals surface area (Å²) in [5.41, 5.74) is 1.39. The molecule has 9 heteroatoms. The SMILES string of the molecule is CCCC(=O)OC1OC(=O)c2cc(C(=O)c3ccc4c(c3)C(OC(=O)CCC)OC4=O)ccc21. The Labute approximate surface area is 194 Å². The van der Waals surface area contributed by atoms with Gasteiger partial charge in [0, 0.05) is 35.1 Å². The van der Waals surface area contributed by atoms with Crippen LogP contribution in [0, 0.1) is 0 Å². The summed E-state index contributed by atoms with van der Waals surface area (Å²) in [4.78, 5) is 61.2. The predicted molar refractivity (Wildman–Crippen MR) is 115 cm³/mol. The van der Waals surface area contributed by atoms with E-state index in [9.17, 15) is 24.0 Å². The van der Waals surface area contributed by atoms with Crippen molar-refractivity contribution in [3.63, 3.8) is 0 Å². The number of benzene rings is 2. The summed E-state index contributed by atoms with van der Waals surface area (Å²) < 4.78 is 20.7. The summed E-state index contributed by atoms with van der Waals surface area (Å²) in [7, 11) is 0. The molecule has 0 spiro atoms. The fourth-order valence-corrected chi connectivity index (χ4v) is 3.72. The third-order valence-electron chi connectivity index (χ3n) is 5.39. The Morgan fingerprint density at radius 3 is 1.88 bits per heavy atom. The molecule has 0 N–H and O–H groups in total. The summed E-state index contributed by atoms with van der Waals surface area (Å²) >= 11 is 0. The highest BCUT2D eigenvalue weighted by molar-refractivity contribution is 6.11. The van der Waals surface area contributed by atoms with Gasteiger partial charge in [0.25, 0.3) is 12.6 Å². The van der Waals surface area contributed by atoms with Crippen LogP contribution in [0.4, 0.5) is 0 Å². The van der Waals surface area contributed by atoms with Gasteiger partial charge in [-0.15, -0.1) is 0 Å². The Balaban J connectivity index is 1.58. The predicted octanol–water partition coefficient (Wildman–Crippen LogP) is 3.94. The smallest absolute Gasteiger partial charge is 0.342 e. The average molecular weight is 466 g/mol. The highest BCUT2D eigenvalue weighted by Crippen LogP contribution is 2.35. The summed E-state index contributed by atoms with van der Waals surface area (Å²) in [6, 6.07) is 8.71. The zero-order chi connectivity index (χ0) is 24.4. The summed E-state index contributed by atoms with van der Waals surface area (Å²) in [5.74, 6) is -2.78. The number of cyclic esters (lactones) is 2. The fraction of sp³-hybridized carbons (Fsp3) is 0.320. The van der Waals surface area contributed by atoms with Gasteiger partial charge in [-0.25, -0.2) is 9.59 Å². The molecule has 2 atom stereocenters. The number of ether oxygens (including phenoxy) is 4. The van der Waals surface area contributed by atoms with E-state index in [1.807, 2.05) is 13.8 Å². The molecule has 0 aromatic heterocycles. The van der Waals surface area contributed by atoms with E-state index < -0.39 is 42.2 Å². The second-order valence-corrected chi connectivity index (χ2v) is 7.89. The Bertz CT molecular complexity index is 1200. The molecule has 2 aromatic rings. The van der Waals surface area contributed by atoms with Crippen molar-refractivity contribution in [2.75, 3.05) is 0 Å². The van der Waals surface area contributed by atoms with Gasteiger partial charge < -0.3 is 18.9 Å². The molecule has 2 aliphatic heterocycles. The van der Waals surface area contributed by atoms with Gasteiger partial charge in [0.05, 0.1) is 11.1 Å². The zero-order valence-corrected chi connectivity index (χ0v) is 18.6. The van der Waals surface area contributed by atoms with Crippen molar-refractivity contribution >= 4 is 29.7 Å². The van der Waals surface area contributed by atoms with E-state index in [0.29, 0.717) is 18.4 Å². The van der Waals surface area contributed by atoms with E-state index in [4.69, 9.17) is 18.9 Å². The molecule has 2 aliphatic rings. The van der Waals surface area contributed by atoms with Crippen molar-refractivity contribution in [2.45, 2.75) is 52.1 Å². The van der Waals surface area contributed by atoms with Gasteiger partial charge in [-0.2, -0.15) is 0 Å². The van der Waals surface area contributed by atoms with Gasteiger partial charge in [0.1, 0.15) is 0 Å². The molecule has 0 amide bonds. The number of esters is 4. The number of hydrogen-bond donors (Lipinski definition) is 0. The van der Waals surface area contributed by atoms with E-state index >= 15 is 0 Å². The van der Waals surface area contributed by atoms with Crippen molar-refractivity contribution in [1.82, 2.24) is 0 Å². The maximum Gasteiger partial charge on any atom is 0.342 e. The van der Waals surface area contributed by atoms with Crippen molar-refractivity contribution in [3.05, 3.63) is 69.8 Å². The fourth-order valence-electron chi connectivity index (χ4n) is 3.72. The quantitative estimate of drug-likeness (QED) is 0.420. The third kappa shape index (κ3) is 4.41. The molecule has 0 bridgehead atoms. The molecule has 2 aromatic carbocycles. The normalized spacial score (nSPS) is 17.9. The van der Waals surface area contributed by atoms with Crippen LogP contribution >= 0.6 is 0 Å². The lowest BCUT2D eigenvalue weighted by molar-refractivity contribution is -0.169. The first-order valence-electron chi connectivity index (χ1n) is 11.0. The minimum Gasteiger partial charge on any atom is -0.421 e. The summed E-state index contributed by atoms with van der Waals surface area (Å²) in [5, 5.41) is 0. The molecule has 176 valence electrons. The lowest BCUT2D eigenvalue weighted by Crippen LogP contribution is -2.11. The first kappa shape index (κ1) is 23.2. The van der Waals surface area contributed by atoms with Crippen LogP contribution < -0.4 is 0 Å². The molecule has 4 rings (SSSR count). The van der Waals surface area contributed by atoms with Gasteiger partial charge in [-0.3, -0.25) is 14.4 Å². The molecule has 0 fully saturated rings. The van der Waals surface area contributed by atoms with Gasteiger partial charge in [0.2, 0.25) is 0 Å². The molecule has 2 unspecified atom stereocenters. The largest absolute Gasteiger partial charge is 0.421 e. The standard InChI is InChI=1S/C25H22O9/c1-3-5-19(26)31-24-16-10-8-13(11-17(16)23(30)34-24)21(28)14-7-9-15-18(12-14)25(33-22(15)29)32-20(27)6-4-2/h7-12,24-25H,3-6H2,1-2H3. The Morgan fingerprint density at radius 1 is 0.735 bits per heavy atom. The van der Waals surface area contributed by atoms with Crippen LogP contribution in [-0.2, 0) is 28.5 Å². The van der Waals surface area contributed by atoms with E-state index in [-0.39, 0.29) is 40.7 Å². The number of carbonyl (C=O) groups excluding carboxylic acids is 5. The van der Waals surface area contributed by atoms with E-state index in [0.717, 1.165) is 0 Å². The average Bonchev–Trinajstić information content (AvgIpc) is 3.29. The Morgan fingerprint density at radius 2 is 1.26 bits per heavy atom. The van der Waals surface area contributed by atoms with Crippen LogP contribution in [-0.4, -0.2) is 29.7 Å². The Kier molecular flexibility index (Phi) is 6.45. The lowest BCUT2D eigenvalue weighted by atomic mass is 9.96. The monoisotopic (exact) mass is 466 g/mol. The summed E-state index contributed by atoms with van der Waals surface area (Å²) in [6.07, 6.45) is -0.836. The maximum atomic E-state index is 13.1. The second-order valence-electron chi connectivity index (χ2n) is 7.89. The topological polar surface area (TPSA) is 122 Å². The van der Waals surface area contributed by atoms with Crippen LogP contribution in [0.3, 0.4) is 0 Å². The number of hydrogen-bond acceptors (Lipinski definition) is 9. The number of fused-ring (bicyclic) bond motifs is 2. The van der Waals surface area contributed by atoms with Crippen molar-refractivity contribution in [3.8, 4) is 0 Å². The second kappa shape index (κ2) is 9.46. The first-order chi connectivity index (χ1) is 16.3. The van der Waals surface area contributed by atoms with E-state index in [2.05, 4.69) is 0 Å². The van der Waals surface area contributed by atoms with Crippen LogP contribution in [0.1, 0.15) is 99.9 Å². The first-order valence-corrected chi connectivity index (χ1v) is 11.0. The molecule has 34 heavy (non-hydrogen) atoms. The molecular formula is C25H22O9. The molecular weight excluding hydrogens is 444 g/mol. The van der Waals surface area contributed by atoms with Crippen LogP contribution in [0.5, 0.6) is 0 Å². The molecule has 0 aliphatic carbocycles. The highest BCUT2D eigenvalue weighted by Gasteiger charge is 2.36. The highest BCUT2D eigenvalue weighted by atomic mass is 16.7. The van der Waals surface area contributed by atoms with Crippen LogP contribution in [0.25, 0.3) is 0 Å². The van der Waals surface area contributed by atoms with Gasteiger partial charge in [-0.1, -0.05) is 26.0 Å². The van der Waals surface area contributed by atoms with Crippen LogP contribution in [0.15, 0.2) is 36.4 Å². The van der Waals surface area contributed by atoms with E-state index in [1.54, 1.807) is 0 Å². The third-order valence-corrected chi connectivity index (χ3v) is 5.39. The zero-order valence-electron chi connectivity index (χ0n) is 18.6.